The fourth-order valence-electron chi connectivity index (χ4n) is 1.70. The van der Waals surface area contributed by atoms with Crippen LogP contribution in [0.1, 0.15) is 5.56 Å². The summed E-state index contributed by atoms with van der Waals surface area (Å²) < 4.78 is 0. The van der Waals surface area contributed by atoms with Crippen molar-refractivity contribution in [3.8, 4) is 17.2 Å². The number of nitrogen functional groups attached to an aromatic ring is 2. The highest BCUT2D eigenvalue weighted by Crippen LogP contribution is 2.31. The van der Waals surface area contributed by atoms with Gasteiger partial charge in [0, 0.05) is 16.9 Å². The molecule has 78 valence electrons. The van der Waals surface area contributed by atoms with Gasteiger partial charge in [0.15, 0.2) is 0 Å². The molecule has 3 heteroatoms. The zero-order chi connectivity index (χ0) is 11.5. The first-order chi connectivity index (χ1) is 7.72. The zero-order valence-corrected chi connectivity index (χ0v) is 8.64. The third-order valence-electron chi connectivity index (χ3n) is 2.37. The first kappa shape index (κ1) is 10.1. The SMILES string of the molecule is N#Cc1cc(N)cc(N)c1-c1ccccc1. The van der Waals surface area contributed by atoms with Gasteiger partial charge in [-0.15, -0.1) is 0 Å². The number of nitrogens with zero attached hydrogens (tertiary/aromatic N) is 1. The molecule has 0 bridgehead atoms. The Morgan fingerprint density at radius 2 is 1.69 bits per heavy atom. The molecule has 0 amide bonds. The largest absolute Gasteiger partial charge is 0.399 e. The summed E-state index contributed by atoms with van der Waals surface area (Å²) in [5.74, 6) is 0. The molecule has 0 aliphatic rings. The van der Waals surface area contributed by atoms with Gasteiger partial charge in [-0.05, 0) is 17.7 Å². The third-order valence-corrected chi connectivity index (χ3v) is 2.37. The van der Waals surface area contributed by atoms with Gasteiger partial charge in [0.2, 0.25) is 0 Å². The van der Waals surface area contributed by atoms with E-state index in [1.807, 2.05) is 30.3 Å². The molecule has 2 aromatic carbocycles. The highest BCUT2D eigenvalue weighted by atomic mass is 14.6. The van der Waals surface area contributed by atoms with E-state index in [4.69, 9.17) is 16.7 Å². The number of hydrogen-bond donors (Lipinski definition) is 2. The molecule has 0 fully saturated rings. The van der Waals surface area contributed by atoms with Crippen molar-refractivity contribution in [3.63, 3.8) is 0 Å². The average molecular weight is 209 g/mol. The van der Waals surface area contributed by atoms with Crippen LogP contribution in [0.25, 0.3) is 11.1 Å². The fourth-order valence-corrected chi connectivity index (χ4v) is 1.70. The van der Waals surface area contributed by atoms with Gasteiger partial charge in [0.05, 0.1) is 11.6 Å². The Labute approximate surface area is 93.9 Å². The highest BCUT2D eigenvalue weighted by molar-refractivity contribution is 5.84. The second kappa shape index (κ2) is 3.95. The fraction of sp³-hybridized carbons (Fsp3) is 0. The van der Waals surface area contributed by atoms with E-state index in [9.17, 15) is 0 Å². The van der Waals surface area contributed by atoms with Crippen molar-refractivity contribution in [1.82, 2.24) is 0 Å². The molecule has 16 heavy (non-hydrogen) atoms. The van der Waals surface area contributed by atoms with Crippen LogP contribution in [0, 0.1) is 11.3 Å². The molecule has 0 aromatic heterocycles. The molecule has 4 N–H and O–H groups in total. The van der Waals surface area contributed by atoms with Crippen molar-refractivity contribution < 1.29 is 0 Å². The first-order valence-electron chi connectivity index (χ1n) is 4.87. The van der Waals surface area contributed by atoms with Crippen LogP contribution in [-0.2, 0) is 0 Å². The molecule has 0 unspecified atom stereocenters. The van der Waals surface area contributed by atoms with Gasteiger partial charge in [0.1, 0.15) is 0 Å². The Bertz CT molecular complexity index is 553. The van der Waals surface area contributed by atoms with E-state index in [0.29, 0.717) is 16.9 Å². The van der Waals surface area contributed by atoms with Crippen molar-refractivity contribution in [2.24, 2.45) is 0 Å². The van der Waals surface area contributed by atoms with Crippen LogP contribution < -0.4 is 11.5 Å². The standard InChI is InChI=1S/C13H11N3/c14-8-10-6-11(15)7-12(16)13(10)9-4-2-1-3-5-9/h1-7H,15-16H2. The summed E-state index contributed by atoms with van der Waals surface area (Å²) >= 11 is 0. The minimum Gasteiger partial charge on any atom is -0.399 e. The quantitative estimate of drug-likeness (QED) is 0.708. The molecule has 0 radical (unpaired) electrons. The lowest BCUT2D eigenvalue weighted by Crippen LogP contribution is -1.96. The van der Waals surface area contributed by atoms with E-state index in [1.54, 1.807) is 12.1 Å². The van der Waals surface area contributed by atoms with Gasteiger partial charge in [-0.25, -0.2) is 0 Å². The summed E-state index contributed by atoms with van der Waals surface area (Å²) in [5, 5.41) is 9.07. The Morgan fingerprint density at radius 1 is 1.00 bits per heavy atom. The Morgan fingerprint density at radius 3 is 2.31 bits per heavy atom. The predicted molar refractivity (Wildman–Crippen MR) is 65.4 cm³/mol. The smallest absolute Gasteiger partial charge is 0.0999 e. The van der Waals surface area contributed by atoms with Crippen molar-refractivity contribution in [3.05, 3.63) is 48.0 Å². The monoisotopic (exact) mass is 209 g/mol. The van der Waals surface area contributed by atoms with E-state index in [2.05, 4.69) is 6.07 Å². The maximum Gasteiger partial charge on any atom is 0.0999 e. The predicted octanol–water partition coefficient (Wildman–Crippen LogP) is 2.39. The molecule has 0 aliphatic heterocycles. The van der Waals surface area contributed by atoms with Crippen LogP contribution >= 0.6 is 0 Å². The van der Waals surface area contributed by atoms with Gasteiger partial charge in [-0.1, -0.05) is 30.3 Å². The number of nitriles is 1. The number of anilines is 2. The molecule has 3 nitrogen and oxygen atoms in total. The van der Waals surface area contributed by atoms with E-state index in [0.717, 1.165) is 11.1 Å². The topological polar surface area (TPSA) is 75.8 Å². The summed E-state index contributed by atoms with van der Waals surface area (Å²) in [7, 11) is 0. The molecular formula is C13H11N3. The molecule has 0 atom stereocenters. The minimum absolute atomic E-state index is 0.503. The van der Waals surface area contributed by atoms with Crippen LogP contribution in [0.4, 0.5) is 11.4 Å². The van der Waals surface area contributed by atoms with E-state index < -0.39 is 0 Å². The van der Waals surface area contributed by atoms with Crippen LogP contribution in [0.15, 0.2) is 42.5 Å². The van der Waals surface area contributed by atoms with Crippen LogP contribution in [-0.4, -0.2) is 0 Å². The number of benzene rings is 2. The lowest BCUT2D eigenvalue weighted by molar-refractivity contribution is 1.48. The molecule has 0 aliphatic carbocycles. The van der Waals surface area contributed by atoms with Crippen LogP contribution in [0.2, 0.25) is 0 Å². The number of hydrogen-bond acceptors (Lipinski definition) is 3. The van der Waals surface area contributed by atoms with Crippen LogP contribution in [0.3, 0.4) is 0 Å². The van der Waals surface area contributed by atoms with Gasteiger partial charge < -0.3 is 11.5 Å². The van der Waals surface area contributed by atoms with Gasteiger partial charge in [-0.2, -0.15) is 5.26 Å². The third kappa shape index (κ3) is 1.69. The second-order valence-corrected chi connectivity index (χ2v) is 3.51. The van der Waals surface area contributed by atoms with Gasteiger partial charge in [-0.3, -0.25) is 0 Å². The van der Waals surface area contributed by atoms with Crippen LogP contribution in [0.5, 0.6) is 0 Å². The summed E-state index contributed by atoms with van der Waals surface area (Å²) in [6.07, 6.45) is 0. The number of nitrogens with two attached hydrogens (primary N) is 2. The minimum atomic E-state index is 0.503. The zero-order valence-electron chi connectivity index (χ0n) is 8.64. The van der Waals surface area contributed by atoms with E-state index in [-0.39, 0.29) is 0 Å². The lowest BCUT2D eigenvalue weighted by atomic mass is 9.98. The summed E-state index contributed by atoms with van der Waals surface area (Å²) in [6, 6.07) is 15.0. The van der Waals surface area contributed by atoms with Crippen molar-refractivity contribution in [2.75, 3.05) is 11.5 Å². The molecule has 0 saturated heterocycles. The highest BCUT2D eigenvalue weighted by Gasteiger charge is 2.09. The molecule has 2 aromatic rings. The van der Waals surface area contributed by atoms with Crippen molar-refractivity contribution >= 4 is 11.4 Å². The van der Waals surface area contributed by atoms with Gasteiger partial charge >= 0.3 is 0 Å². The molecule has 0 saturated carbocycles. The molecule has 0 spiro atoms. The molecule has 0 heterocycles. The van der Waals surface area contributed by atoms with Gasteiger partial charge in [0.25, 0.3) is 0 Å². The summed E-state index contributed by atoms with van der Waals surface area (Å²) in [5.41, 5.74) is 14.8. The Kier molecular flexibility index (Phi) is 2.49. The summed E-state index contributed by atoms with van der Waals surface area (Å²) in [4.78, 5) is 0. The maximum atomic E-state index is 9.07. The first-order valence-corrected chi connectivity index (χ1v) is 4.87. The normalized spacial score (nSPS) is 9.69. The maximum absolute atomic E-state index is 9.07. The number of rotatable bonds is 1. The van der Waals surface area contributed by atoms with Crippen molar-refractivity contribution in [2.45, 2.75) is 0 Å². The van der Waals surface area contributed by atoms with E-state index >= 15 is 0 Å². The Hall–Kier alpha value is -2.47. The summed E-state index contributed by atoms with van der Waals surface area (Å²) in [6.45, 7) is 0. The molecular weight excluding hydrogens is 198 g/mol. The second-order valence-electron chi connectivity index (χ2n) is 3.51. The average Bonchev–Trinajstić information content (AvgIpc) is 2.29. The lowest BCUT2D eigenvalue weighted by Gasteiger charge is -2.09. The Balaban J connectivity index is 2.71. The van der Waals surface area contributed by atoms with E-state index in [1.165, 1.54) is 0 Å². The molecule has 2 rings (SSSR count). The van der Waals surface area contributed by atoms with Crippen molar-refractivity contribution in [1.29, 1.82) is 5.26 Å².